The first-order valence-electron chi connectivity index (χ1n) is 7.28. The zero-order valence-electron chi connectivity index (χ0n) is 12.3. The van der Waals surface area contributed by atoms with Crippen LogP contribution in [-0.4, -0.2) is 79.3 Å². The molecule has 2 aliphatic rings. The van der Waals surface area contributed by atoms with Gasteiger partial charge in [0.1, 0.15) is 5.60 Å². The zero-order chi connectivity index (χ0) is 14.7. The number of hydrogen-bond acceptors (Lipinski definition) is 5. The molecule has 0 aliphatic carbocycles. The monoisotopic (exact) mass is 291 g/mol. The van der Waals surface area contributed by atoms with Crippen molar-refractivity contribution in [2.75, 3.05) is 53.0 Å². The maximum atomic E-state index is 12.6. The Kier molecular flexibility index (Phi) is 4.19. The Morgan fingerprint density at radius 2 is 2.24 bits per heavy atom. The number of rotatable bonds is 1. The van der Waals surface area contributed by atoms with E-state index in [1.165, 1.54) is 0 Å². The Morgan fingerprint density at radius 1 is 1.33 bits per heavy atom. The summed E-state index contributed by atoms with van der Waals surface area (Å²) in [6, 6.07) is 3.57. The largest absolute Gasteiger partial charge is 0.376 e. The molecule has 3 rings (SSSR count). The van der Waals surface area contributed by atoms with E-state index < -0.39 is 5.60 Å². The van der Waals surface area contributed by atoms with Gasteiger partial charge >= 0.3 is 0 Å². The Balaban J connectivity index is 1.77. The highest BCUT2D eigenvalue weighted by atomic mass is 16.5. The second-order valence-corrected chi connectivity index (χ2v) is 5.79. The lowest BCUT2D eigenvalue weighted by atomic mass is 10.0. The minimum absolute atomic E-state index is 0.00944. The molecule has 1 atom stereocenters. The summed E-state index contributed by atoms with van der Waals surface area (Å²) in [6.07, 6.45) is 3.28. The van der Waals surface area contributed by atoms with Crippen molar-refractivity contribution in [2.24, 2.45) is 0 Å². The normalized spacial score (nSPS) is 27.6. The van der Waals surface area contributed by atoms with E-state index in [0.29, 0.717) is 38.5 Å². The Morgan fingerprint density at radius 3 is 3.00 bits per heavy atom. The Labute approximate surface area is 124 Å². The van der Waals surface area contributed by atoms with Crippen LogP contribution in [0.15, 0.2) is 24.5 Å². The van der Waals surface area contributed by atoms with E-state index >= 15 is 0 Å². The van der Waals surface area contributed by atoms with Crippen LogP contribution in [0.5, 0.6) is 0 Å². The summed E-state index contributed by atoms with van der Waals surface area (Å²) in [5, 5.41) is 0. The quantitative estimate of drug-likeness (QED) is 0.742. The Hall–Kier alpha value is -1.50. The molecular weight excluding hydrogens is 270 g/mol. The fourth-order valence-corrected chi connectivity index (χ4v) is 2.97. The third-order valence-corrected chi connectivity index (χ3v) is 3.98. The van der Waals surface area contributed by atoms with Gasteiger partial charge in [0, 0.05) is 32.0 Å². The summed E-state index contributed by atoms with van der Waals surface area (Å²) in [5.41, 5.74) is 0.195. The van der Waals surface area contributed by atoms with Crippen molar-refractivity contribution in [3.8, 4) is 0 Å². The van der Waals surface area contributed by atoms with E-state index in [9.17, 15) is 4.79 Å². The molecule has 6 heteroatoms. The lowest BCUT2D eigenvalue weighted by Gasteiger charge is -2.42. The van der Waals surface area contributed by atoms with E-state index in [-0.39, 0.29) is 5.91 Å². The van der Waals surface area contributed by atoms with Crippen molar-refractivity contribution in [3.05, 3.63) is 30.1 Å². The molecule has 0 saturated carbocycles. The molecule has 21 heavy (non-hydrogen) atoms. The van der Waals surface area contributed by atoms with E-state index in [1.54, 1.807) is 24.5 Å². The van der Waals surface area contributed by atoms with Crippen molar-refractivity contribution in [3.63, 3.8) is 0 Å². The zero-order valence-corrected chi connectivity index (χ0v) is 12.3. The molecule has 1 aromatic heterocycles. The SMILES string of the molecule is CN1CCOC2(COCCN(C(=O)c3cccnc3)C2)C1. The average molecular weight is 291 g/mol. The van der Waals surface area contributed by atoms with E-state index in [4.69, 9.17) is 9.47 Å². The van der Waals surface area contributed by atoms with Crippen LogP contribution in [0.4, 0.5) is 0 Å². The van der Waals surface area contributed by atoms with Gasteiger partial charge in [0.2, 0.25) is 0 Å². The van der Waals surface area contributed by atoms with Gasteiger partial charge in [-0.05, 0) is 19.2 Å². The molecule has 3 heterocycles. The number of ether oxygens (including phenoxy) is 2. The number of carbonyl (C=O) groups excluding carboxylic acids is 1. The van der Waals surface area contributed by atoms with Crippen LogP contribution in [0.2, 0.25) is 0 Å². The van der Waals surface area contributed by atoms with Crippen molar-refractivity contribution in [2.45, 2.75) is 5.60 Å². The maximum Gasteiger partial charge on any atom is 0.255 e. The third-order valence-electron chi connectivity index (χ3n) is 3.98. The minimum Gasteiger partial charge on any atom is -0.376 e. The van der Waals surface area contributed by atoms with Gasteiger partial charge in [-0.1, -0.05) is 0 Å². The summed E-state index contributed by atoms with van der Waals surface area (Å²) in [6.45, 7) is 4.60. The van der Waals surface area contributed by atoms with Crippen LogP contribution >= 0.6 is 0 Å². The average Bonchev–Trinajstić information content (AvgIpc) is 2.70. The first-order chi connectivity index (χ1) is 10.2. The van der Waals surface area contributed by atoms with Crippen LogP contribution in [0, 0.1) is 0 Å². The highest BCUT2D eigenvalue weighted by molar-refractivity contribution is 5.93. The first-order valence-corrected chi connectivity index (χ1v) is 7.28. The van der Waals surface area contributed by atoms with Gasteiger partial charge in [-0.3, -0.25) is 9.78 Å². The molecule has 0 N–H and O–H groups in total. The fraction of sp³-hybridized carbons (Fsp3) is 0.600. The van der Waals surface area contributed by atoms with Crippen LogP contribution in [0.25, 0.3) is 0 Å². The lowest BCUT2D eigenvalue weighted by molar-refractivity contribution is -0.134. The lowest BCUT2D eigenvalue weighted by Crippen LogP contribution is -2.58. The van der Waals surface area contributed by atoms with Crippen molar-refractivity contribution in [1.29, 1.82) is 0 Å². The summed E-state index contributed by atoms with van der Waals surface area (Å²) in [7, 11) is 2.07. The van der Waals surface area contributed by atoms with Gasteiger partial charge in [0.15, 0.2) is 0 Å². The van der Waals surface area contributed by atoms with E-state index in [2.05, 4.69) is 16.9 Å². The molecular formula is C15H21N3O3. The highest BCUT2D eigenvalue weighted by Gasteiger charge is 2.40. The number of likely N-dealkylation sites (N-methyl/N-ethyl adjacent to an activating group) is 1. The molecule has 1 amide bonds. The molecule has 114 valence electrons. The summed E-state index contributed by atoms with van der Waals surface area (Å²) >= 11 is 0. The number of hydrogen-bond donors (Lipinski definition) is 0. The molecule has 2 aliphatic heterocycles. The van der Waals surface area contributed by atoms with Gasteiger partial charge in [0.05, 0.1) is 31.9 Å². The molecule has 0 aromatic carbocycles. The second kappa shape index (κ2) is 6.09. The van der Waals surface area contributed by atoms with Crippen molar-refractivity contribution < 1.29 is 14.3 Å². The van der Waals surface area contributed by atoms with Gasteiger partial charge in [0.25, 0.3) is 5.91 Å². The van der Waals surface area contributed by atoms with Crippen LogP contribution in [0.1, 0.15) is 10.4 Å². The first kappa shape index (κ1) is 14.4. The third kappa shape index (κ3) is 3.23. The summed E-state index contributed by atoms with van der Waals surface area (Å²) < 4.78 is 11.7. The predicted octanol–water partition coefficient (Wildman–Crippen LogP) is 0.255. The number of pyridine rings is 1. The summed E-state index contributed by atoms with van der Waals surface area (Å²) in [4.78, 5) is 20.7. The van der Waals surface area contributed by atoms with Gasteiger partial charge < -0.3 is 19.3 Å². The Bertz CT molecular complexity index is 496. The predicted molar refractivity (Wildman–Crippen MR) is 77.1 cm³/mol. The van der Waals surface area contributed by atoms with Crippen LogP contribution in [0.3, 0.4) is 0 Å². The van der Waals surface area contributed by atoms with Crippen LogP contribution < -0.4 is 0 Å². The maximum absolute atomic E-state index is 12.6. The van der Waals surface area contributed by atoms with Crippen molar-refractivity contribution >= 4 is 5.91 Å². The molecule has 2 saturated heterocycles. The van der Waals surface area contributed by atoms with E-state index in [0.717, 1.165) is 13.1 Å². The van der Waals surface area contributed by atoms with Crippen LogP contribution in [-0.2, 0) is 9.47 Å². The number of carbonyl (C=O) groups is 1. The van der Waals surface area contributed by atoms with Crippen molar-refractivity contribution in [1.82, 2.24) is 14.8 Å². The molecule has 1 unspecified atom stereocenters. The second-order valence-electron chi connectivity index (χ2n) is 5.79. The fourth-order valence-electron chi connectivity index (χ4n) is 2.97. The molecule has 6 nitrogen and oxygen atoms in total. The molecule has 0 radical (unpaired) electrons. The van der Waals surface area contributed by atoms with Gasteiger partial charge in [-0.2, -0.15) is 0 Å². The minimum atomic E-state index is -0.415. The number of aromatic nitrogens is 1. The van der Waals surface area contributed by atoms with Gasteiger partial charge in [-0.25, -0.2) is 0 Å². The molecule has 1 spiro atoms. The topological polar surface area (TPSA) is 54.9 Å². The molecule has 1 aromatic rings. The smallest absolute Gasteiger partial charge is 0.255 e. The van der Waals surface area contributed by atoms with E-state index in [1.807, 2.05) is 4.90 Å². The van der Waals surface area contributed by atoms with Gasteiger partial charge in [-0.15, -0.1) is 0 Å². The number of nitrogens with zero attached hydrogens (tertiary/aromatic N) is 3. The highest BCUT2D eigenvalue weighted by Crippen LogP contribution is 2.22. The number of morpholine rings is 1. The number of amides is 1. The standard InChI is InChI=1S/C15H21N3O3/c1-17-5-8-21-15(10-17)11-18(6-7-20-12-15)14(19)13-3-2-4-16-9-13/h2-4,9H,5-8,10-12H2,1H3. The molecule has 0 bridgehead atoms. The summed E-state index contributed by atoms with van der Waals surface area (Å²) in [5.74, 6) is -0.00944. The molecule has 2 fully saturated rings.